The molecule has 2 aromatic carbocycles. The van der Waals surface area contributed by atoms with Crippen LogP contribution in [0.5, 0.6) is 5.75 Å². The molecule has 0 bridgehead atoms. The first-order valence-corrected chi connectivity index (χ1v) is 6.44. The second-order valence-corrected chi connectivity index (χ2v) is 4.95. The molecule has 0 saturated heterocycles. The van der Waals surface area contributed by atoms with Crippen molar-refractivity contribution < 1.29 is 5.11 Å². The Bertz CT molecular complexity index is 813. The van der Waals surface area contributed by atoms with Gasteiger partial charge in [0.1, 0.15) is 5.75 Å². The minimum absolute atomic E-state index is 0.0729. The summed E-state index contributed by atoms with van der Waals surface area (Å²) in [6.45, 7) is 0. The fourth-order valence-electron chi connectivity index (χ4n) is 1.83. The number of phenols is 1. The molecular formula is C12H9BrN6O. The number of aromatic nitrogens is 4. The number of halogens is 1. The summed E-state index contributed by atoms with van der Waals surface area (Å²) in [6.07, 6.45) is 1.47. The molecule has 3 rings (SSSR count). The van der Waals surface area contributed by atoms with E-state index in [0.29, 0.717) is 5.56 Å². The molecule has 0 aliphatic carbocycles. The number of nitrogens with two attached hydrogens (primary N) is 1. The Morgan fingerprint density at radius 1 is 1.30 bits per heavy atom. The van der Waals surface area contributed by atoms with Crippen LogP contribution in [0.4, 0.5) is 5.95 Å². The Labute approximate surface area is 121 Å². The van der Waals surface area contributed by atoms with Crippen LogP contribution in [-0.2, 0) is 0 Å². The monoisotopic (exact) mass is 332 g/mol. The van der Waals surface area contributed by atoms with Gasteiger partial charge in [-0.25, -0.2) is 0 Å². The fraction of sp³-hybridized carbons (Fsp3) is 0. The lowest BCUT2D eigenvalue weighted by Crippen LogP contribution is -2.00. The van der Waals surface area contributed by atoms with Crippen LogP contribution >= 0.6 is 15.9 Å². The molecule has 20 heavy (non-hydrogen) atoms. The molecule has 3 aromatic rings. The third-order valence-corrected chi connectivity index (χ3v) is 3.27. The van der Waals surface area contributed by atoms with Crippen LogP contribution in [0, 0.1) is 0 Å². The van der Waals surface area contributed by atoms with Crippen LogP contribution < -0.4 is 5.73 Å². The number of hydrogen-bond donors (Lipinski definition) is 2. The number of anilines is 1. The summed E-state index contributed by atoms with van der Waals surface area (Å²) in [4.78, 5) is 1.08. The van der Waals surface area contributed by atoms with Crippen molar-refractivity contribution in [3.63, 3.8) is 0 Å². The number of aromatic hydroxyl groups is 1. The van der Waals surface area contributed by atoms with E-state index in [2.05, 4.69) is 36.6 Å². The Balaban J connectivity index is 2.13. The van der Waals surface area contributed by atoms with E-state index in [1.165, 1.54) is 6.21 Å². The summed E-state index contributed by atoms with van der Waals surface area (Å²) < 4.78 is 0.961. The van der Waals surface area contributed by atoms with E-state index in [4.69, 9.17) is 5.73 Å². The Hall–Kier alpha value is -2.48. The van der Waals surface area contributed by atoms with Crippen molar-refractivity contribution in [2.75, 3.05) is 5.73 Å². The molecule has 0 atom stereocenters. The van der Waals surface area contributed by atoms with E-state index in [1.807, 2.05) is 24.3 Å². The number of nitrogen functional groups attached to an aromatic ring is 1. The van der Waals surface area contributed by atoms with Crippen molar-refractivity contribution in [2.45, 2.75) is 0 Å². The van der Waals surface area contributed by atoms with Gasteiger partial charge >= 0.3 is 0 Å². The van der Waals surface area contributed by atoms with Crippen LogP contribution in [0.2, 0.25) is 0 Å². The topological polar surface area (TPSA) is 102 Å². The molecule has 0 aliphatic heterocycles. The van der Waals surface area contributed by atoms with Gasteiger partial charge in [-0.05, 0) is 39.4 Å². The van der Waals surface area contributed by atoms with Crippen molar-refractivity contribution in [2.24, 2.45) is 5.10 Å². The van der Waals surface area contributed by atoms with Gasteiger partial charge in [-0.2, -0.15) is 5.10 Å². The molecule has 1 heterocycles. The number of tetrazole rings is 1. The third kappa shape index (κ3) is 2.21. The van der Waals surface area contributed by atoms with Gasteiger partial charge in [0.25, 0.3) is 5.95 Å². The van der Waals surface area contributed by atoms with E-state index in [9.17, 15) is 5.11 Å². The van der Waals surface area contributed by atoms with Crippen molar-refractivity contribution in [3.8, 4) is 5.75 Å². The smallest absolute Gasteiger partial charge is 0.263 e. The van der Waals surface area contributed by atoms with Gasteiger partial charge in [0.2, 0.25) is 0 Å². The second kappa shape index (κ2) is 4.89. The molecule has 0 aliphatic rings. The fourth-order valence-corrected chi connectivity index (χ4v) is 2.21. The quantitative estimate of drug-likeness (QED) is 0.696. The summed E-state index contributed by atoms with van der Waals surface area (Å²) in [5, 5.41) is 26.4. The predicted octanol–water partition coefficient (Wildman–Crippen LogP) is 1.76. The highest BCUT2D eigenvalue weighted by molar-refractivity contribution is 9.10. The minimum Gasteiger partial charge on any atom is -0.507 e. The number of rotatable bonds is 2. The molecule has 1 aromatic heterocycles. The standard InChI is InChI=1S/C12H9BrN6O/c13-8-2-3-9-7(5-8)1-4-11(20)10(9)6-15-19-12(14)16-17-18-19/h1-6,20H,(H2,14,16,18)/b15-6+. The molecular weight excluding hydrogens is 324 g/mol. The highest BCUT2D eigenvalue weighted by Gasteiger charge is 2.06. The average Bonchev–Trinajstić information content (AvgIpc) is 2.83. The second-order valence-electron chi connectivity index (χ2n) is 4.03. The molecule has 3 N–H and O–H groups in total. The first kappa shape index (κ1) is 12.5. The number of nitrogens with zero attached hydrogens (tertiary/aromatic N) is 5. The molecule has 0 radical (unpaired) electrons. The van der Waals surface area contributed by atoms with Crippen LogP contribution in [0.25, 0.3) is 10.8 Å². The van der Waals surface area contributed by atoms with Gasteiger partial charge in [0, 0.05) is 10.0 Å². The van der Waals surface area contributed by atoms with Crippen LogP contribution in [0.1, 0.15) is 5.56 Å². The molecule has 0 unspecified atom stereocenters. The summed E-state index contributed by atoms with van der Waals surface area (Å²) in [5.41, 5.74) is 6.09. The van der Waals surface area contributed by atoms with E-state index in [0.717, 1.165) is 20.0 Å². The zero-order chi connectivity index (χ0) is 14.1. The minimum atomic E-state index is 0.0729. The molecule has 8 heteroatoms. The maximum absolute atomic E-state index is 9.98. The van der Waals surface area contributed by atoms with Gasteiger partial charge < -0.3 is 10.8 Å². The SMILES string of the molecule is Nc1nnnn1/N=C/c1c(O)ccc2cc(Br)ccc12. The maximum atomic E-state index is 9.98. The molecule has 0 amide bonds. The molecule has 7 nitrogen and oxygen atoms in total. The summed E-state index contributed by atoms with van der Waals surface area (Å²) >= 11 is 3.41. The lowest BCUT2D eigenvalue weighted by Gasteiger charge is -2.05. The van der Waals surface area contributed by atoms with Gasteiger partial charge in [-0.3, -0.25) is 0 Å². The zero-order valence-corrected chi connectivity index (χ0v) is 11.7. The Morgan fingerprint density at radius 2 is 2.15 bits per heavy atom. The largest absolute Gasteiger partial charge is 0.507 e. The maximum Gasteiger partial charge on any atom is 0.263 e. The van der Waals surface area contributed by atoms with E-state index in [-0.39, 0.29) is 11.7 Å². The number of hydrogen-bond acceptors (Lipinski definition) is 6. The normalized spacial score (nSPS) is 11.4. The van der Waals surface area contributed by atoms with E-state index < -0.39 is 0 Å². The van der Waals surface area contributed by atoms with Gasteiger partial charge in [0.15, 0.2) is 0 Å². The number of fused-ring (bicyclic) bond motifs is 1. The zero-order valence-electron chi connectivity index (χ0n) is 10.1. The van der Waals surface area contributed by atoms with Gasteiger partial charge in [-0.1, -0.05) is 38.0 Å². The summed E-state index contributed by atoms with van der Waals surface area (Å²) in [6, 6.07) is 9.18. The summed E-state index contributed by atoms with van der Waals surface area (Å²) in [5.74, 6) is 0.193. The van der Waals surface area contributed by atoms with E-state index in [1.54, 1.807) is 6.07 Å². The Kier molecular flexibility index (Phi) is 3.07. The number of phenolic OH excluding ortho intramolecular Hbond substituents is 1. The van der Waals surface area contributed by atoms with Crippen LogP contribution in [-0.4, -0.2) is 31.6 Å². The molecule has 0 fully saturated rings. The predicted molar refractivity (Wildman–Crippen MR) is 78.5 cm³/mol. The van der Waals surface area contributed by atoms with Crippen molar-refractivity contribution >= 4 is 38.9 Å². The summed E-state index contributed by atoms with van der Waals surface area (Å²) in [7, 11) is 0. The molecule has 0 spiro atoms. The Morgan fingerprint density at radius 3 is 2.90 bits per heavy atom. The molecule has 0 saturated carbocycles. The van der Waals surface area contributed by atoms with Gasteiger partial charge in [0.05, 0.1) is 6.21 Å². The first-order chi connectivity index (χ1) is 9.65. The van der Waals surface area contributed by atoms with E-state index >= 15 is 0 Å². The third-order valence-electron chi connectivity index (χ3n) is 2.77. The van der Waals surface area contributed by atoms with Crippen LogP contribution in [0.15, 0.2) is 39.9 Å². The van der Waals surface area contributed by atoms with Crippen molar-refractivity contribution in [1.82, 2.24) is 20.3 Å². The highest BCUT2D eigenvalue weighted by Crippen LogP contribution is 2.28. The van der Waals surface area contributed by atoms with Crippen molar-refractivity contribution in [3.05, 3.63) is 40.4 Å². The van der Waals surface area contributed by atoms with Crippen molar-refractivity contribution in [1.29, 1.82) is 0 Å². The van der Waals surface area contributed by atoms with Gasteiger partial charge in [-0.15, -0.1) is 0 Å². The first-order valence-electron chi connectivity index (χ1n) is 5.64. The highest BCUT2D eigenvalue weighted by atomic mass is 79.9. The average molecular weight is 333 g/mol. The lowest BCUT2D eigenvalue weighted by molar-refractivity contribution is 0.475. The van der Waals surface area contributed by atoms with Crippen LogP contribution in [0.3, 0.4) is 0 Å². The molecule has 100 valence electrons. The lowest BCUT2D eigenvalue weighted by atomic mass is 10.0. The number of benzene rings is 2.